The van der Waals surface area contributed by atoms with Crippen molar-refractivity contribution in [3.8, 4) is 11.4 Å². The number of benzene rings is 1. The van der Waals surface area contributed by atoms with Gasteiger partial charge in [-0.25, -0.2) is 9.48 Å². The van der Waals surface area contributed by atoms with Crippen molar-refractivity contribution in [1.29, 1.82) is 0 Å². The molecule has 0 saturated heterocycles. The Morgan fingerprint density at radius 3 is 2.82 bits per heavy atom. The molecular formula is C9H6N4O4. The van der Waals surface area contributed by atoms with Crippen LogP contribution < -0.4 is 4.74 Å². The molecule has 1 aromatic heterocycles. The van der Waals surface area contributed by atoms with Crippen LogP contribution in [0.2, 0.25) is 0 Å². The average Bonchev–Trinajstić information content (AvgIpc) is 2.82. The van der Waals surface area contributed by atoms with Crippen LogP contribution in [0, 0.1) is 0 Å². The van der Waals surface area contributed by atoms with Gasteiger partial charge in [-0.2, -0.15) is 0 Å². The lowest BCUT2D eigenvalue weighted by molar-refractivity contribution is -0.120. The molecule has 0 aliphatic carbocycles. The number of ether oxygens (including phenoxy) is 1. The van der Waals surface area contributed by atoms with Crippen molar-refractivity contribution in [3.63, 3.8) is 0 Å². The molecule has 86 valence electrons. The zero-order chi connectivity index (χ0) is 12.3. The van der Waals surface area contributed by atoms with Crippen molar-refractivity contribution < 1.29 is 19.4 Å². The first-order valence-corrected chi connectivity index (χ1v) is 4.43. The fourth-order valence-electron chi connectivity index (χ4n) is 1.24. The van der Waals surface area contributed by atoms with Gasteiger partial charge in [0.1, 0.15) is 12.1 Å². The van der Waals surface area contributed by atoms with E-state index < -0.39 is 5.97 Å². The van der Waals surface area contributed by atoms with Crippen LogP contribution in [0.5, 0.6) is 5.75 Å². The first-order chi connectivity index (χ1) is 8.20. The summed E-state index contributed by atoms with van der Waals surface area (Å²) in [6.07, 6.45) is 1.30. The van der Waals surface area contributed by atoms with E-state index in [4.69, 9.17) is 5.11 Å². The SMILES string of the molecule is O=COc1cc(C(=O)O)cc(-n2cnnn2)c1. The number of hydrogen-bond donors (Lipinski definition) is 1. The molecule has 0 fully saturated rings. The van der Waals surface area contributed by atoms with Gasteiger partial charge in [0, 0.05) is 6.07 Å². The van der Waals surface area contributed by atoms with Crippen LogP contribution in [-0.2, 0) is 4.79 Å². The first kappa shape index (κ1) is 10.7. The highest BCUT2D eigenvalue weighted by Crippen LogP contribution is 2.19. The van der Waals surface area contributed by atoms with Gasteiger partial charge in [-0.05, 0) is 22.6 Å². The Balaban J connectivity index is 2.51. The van der Waals surface area contributed by atoms with Crippen LogP contribution in [0.1, 0.15) is 10.4 Å². The van der Waals surface area contributed by atoms with Gasteiger partial charge in [0.25, 0.3) is 6.47 Å². The summed E-state index contributed by atoms with van der Waals surface area (Å²) < 4.78 is 5.86. The molecule has 0 radical (unpaired) electrons. The number of carbonyl (C=O) groups excluding carboxylic acids is 1. The molecule has 8 nitrogen and oxygen atoms in total. The largest absolute Gasteiger partial charge is 0.478 e. The maximum Gasteiger partial charge on any atom is 0.335 e. The highest BCUT2D eigenvalue weighted by molar-refractivity contribution is 5.89. The van der Waals surface area contributed by atoms with E-state index in [2.05, 4.69) is 20.3 Å². The van der Waals surface area contributed by atoms with Crippen molar-refractivity contribution in [2.45, 2.75) is 0 Å². The molecule has 1 aromatic carbocycles. The Bertz CT molecular complexity index is 552. The Hall–Kier alpha value is -2.77. The molecule has 0 saturated carbocycles. The third-order valence-electron chi connectivity index (χ3n) is 1.94. The molecule has 1 N–H and O–H groups in total. The maximum atomic E-state index is 10.9. The fraction of sp³-hybridized carbons (Fsp3) is 0. The van der Waals surface area contributed by atoms with Crippen molar-refractivity contribution in [2.75, 3.05) is 0 Å². The summed E-state index contributed by atoms with van der Waals surface area (Å²) in [7, 11) is 0. The van der Waals surface area contributed by atoms with Crippen molar-refractivity contribution in [3.05, 3.63) is 30.1 Å². The van der Waals surface area contributed by atoms with Crippen LogP contribution in [0.25, 0.3) is 5.69 Å². The number of aromatic carboxylic acids is 1. The van der Waals surface area contributed by atoms with Crippen LogP contribution in [0.4, 0.5) is 0 Å². The summed E-state index contributed by atoms with van der Waals surface area (Å²) in [4.78, 5) is 21.1. The number of hydrogen-bond acceptors (Lipinski definition) is 6. The number of carbonyl (C=O) groups is 2. The molecule has 1 heterocycles. The lowest BCUT2D eigenvalue weighted by atomic mass is 10.2. The summed E-state index contributed by atoms with van der Waals surface area (Å²) >= 11 is 0. The second-order valence-electron chi connectivity index (χ2n) is 2.99. The Morgan fingerprint density at radius 2 is 2.24 bits per heavy atom. The Morgan fingerprint density at radius 1 is 1.41 bits per heavy atom. The number of carboxylic acids is 1. The summed E-state index contributed by atoms with van der Waals surface area (Å²) in [5.41, 5.74) is 0.349. The summed E-state index contributed by atoms with van der Waals surface area (Å²) in [5.74, 6) is -1.04. The van der Waals surface area contributed by atoms with Gasteiger partial charge in [-0.1, -0.05) is 0 Å². The Labute approximate surface area is 94.4 Å². The molecule has 0 spiro atoms. The van der Waals surface area contributed by atoms with Gasteiger partial charge in [0.2, 0.25) is 0 Å². The van der Waals surface area contributed by atoms with Gasteiger partial charge < -0.3 is 9.84 Å². The molecule has 0 aliphatic heterocycles. The van der Waals surface area contributed by atoms with Gasteiger partial charge in [0.15, 0.2) is 0 Å². The maximum absolute atomic E-state index is 10.9. The fourth-order valence-corrected chi connectivity index (χ4v) is 1.24. The van der Waals surface area contributed by atoms with Crippen LogP contribution in [-0.4, -0.2) is 37.8 Å². The van der Waals surface area contributed by atoms with Gasteiger partial charge in [-0.15, -0.1) is 5.10 Å². The van der Waals surface area contributed by atoms with E-state index in [0.29, 0.717) is 5.69 Å². The lowest BCUT2D eigenvalue weighted by Crippen LogP contribution is -2.02. The zero-order valence-electron chi connectivity index (χ0n) is 8.35. The minimum atomic E-state index is -1.14. The number of carboxylic acid groups (broad SMARTS) is 1. The summed E-state index contributed by atoms with van der Waals surface area (Å²) in [6.45, 7) is 0.213. The topological polar surface area (TPSA) is 107 Å². The summed E-state index contributed by atoms with van der Waals surface area (Å²) in [5, 5.41) is 19.3. The second kappa shape index (κ2) is 4.39. The third kappa shape index (κ3) is 2.25. The molecule has 8 heteroatoms. The molecule has 2 aromatic rings. The molecule has 0 amide bonds. The van der Waals surface area contributed by atoms with Crippen molar-refractivity contribution >= 4 is 12.4 Å². The van der Waals surface area contributed by atoms with E-state index >= 15 is 0 Å². The number of nitrogens with zero attached hydrogens (tertiary/aromatic N) is 4. The van der Waals surface area contributed by atoms with E-state index in [1.54, 1.807) is 0 Å². The first-order valence-electron chi connectivity index (χ1n) is 4.43. The van der Waals surface area contributed by atoms with Crippen molar-refractivity contribution in [2.24, 2.45) is 0 Å². The molecule has 17 heavy (non-hydrogen) atoms. The van der Waals surface area contributed by atoms with E-state index in [1.165, 1.54) is 29.2 Å². The van der Waals surface area contributed by atoms with E-state index in [1.807, 2.05) is 0 Å². The highest BCUT2D eigenvalue weighted by atomic mass is 16.5. The molecule has 2 rings (SSSR count). The number of rotatable bonds is 4. The molecule has 0 bridgehead atoms. The monoisotopic (exact) mass is 234 g/mol. The Kier molecular flexibility index (Phi) is 2.77. The van der Waals surface area contributed by atoms with Crippen LogP contribution >= 0.6 is 0 Å². The normalized spacial score (nSPS) is 9.88. The van der Waals surface area contributed by atoms with E-state index in [0.717, 1.165) is 0 Å². The predicted octanol–water partition coefficient (Wildman–Crippen LogP) is -0.104. The number of tetrazole rings is 1. The van der Waals surface area contributed by atoms with Gasteiger partial charge >= 0.3 is 5.97 Å². The molecule has 0 aliphatic rings. The van der Waals surface area contributed by atoms with Crippen LogP contribution in [0.3, 0.4) is 0 Å². The minimum absolute atomic E-state index is 0.0325. The minimum Gasteiger partial charge on any atom is -0.478 e. The molecule has 0 unspecified atom stereocenters. The molecular weight excluding hydrogens is 228 g/mol. The zero-order valence-corrected chi connectivity index (χ0v) is 8.35. The average molecular weight is 234 g/mol. The smallest absolute Gasteiger partial charge is 0.335 e. The number of aromatic nitrogens is 4. The van der Waals surface area contributed by atoms with E-state index in [-0.39, 0.29) is 17.8 Å². The predicted molar refractivity (Wildman–Crippen MR) is 52.8 cm³/mol. The lowest BCUT2D eigenvalue weighted by Gasteiger charge is -2.04. The summed E-state index contributed by atoms with van der Waals surface area (Å²) in [6, 6.07) is 4.03. The quantitative estimate of drug-likeness (QED) is 0.735. The van der Waals surface area contributed by atoms with Crippen LogP contribution in [0.15, 0.2) is 24.5 Å². The van der Waals surface area contributed by atoms with E-state index in [9.17, 15) is 9.59 Å². The van der Waals surface area contributed by atoms with Gasteiger partial charge in [0.05, 0.1) is 11.3 Å². The highest BCUT2D eigenvalue weighted by Gasteiger charge is 2.09. The van der Waals surface area contributed by atoms with Gasteiger partial charge in [-0.3, -0.25) is 4.79 Å². The molecule has 0 atom stereocenters. The second-order valence-corrected chi connectivity index (χ2v) is 2.99. The third-order valence-corrected chi connectivity index (χ3v) is 1.94. The standard InChI is InChI=1S/C9H6N4O4/c14-5-17-8-2-6(9(15)16)1-7(3-8)13-4-10-11-12-13/h1-5H,(H,15,16). The van der Waals surface area contributed by atoms with Crippen molar-refractivity contribution in [1.82, 2.24) is 20.2 Å².